The summed E-state index contributed by atoms with van der Waals surface area (Å²) in [6, 6.07) is 5.86. The van der Waals surface area contributed by atoms with Crippen molar-refractivity contribution in [3.8, 4) is 22.3 Å². The summed E-state index contributed by atoms with van der Waals surface area (Å²) < 4.78 is 156. The quantitative estimate of drug-likeness (QED) is 0.0615. The molecule has 4 aromatic carbocycles. The summed E-state index contributed by atoms with van der Waals surface area (Å²) in [5, 5.41) is 3.10. The van der Waals surface area contributed by atoms with E-state index in [4.69, 9.17) is 13.8 Å². The zero-order valence-electron chi connectivity index (χ0n) is 33.7. The van der Waals surface area contributed by atoms with Gasteiger partial charge in [-0.2, -0.15) is 9.37 Å². The largest absolute Gasteiger partial charge is 0.434 e. The molecule has 6 heterocycles. The van der Waals surface area contributed by atoms with Crippen molar-refractivity contribution >= 4 is 211 Å². The number of aromatic nitrogens is 4. The molecule has 6 bridgehead atoms. The molecule has 1 aliphatic heterocycles. The third-order valence-corrected chi connectivity index (χ3v) is 19.4. The van der Waals surface area contributed by atoms with Gasteiger partial charge in [-0.05, 0) is 105 Å². The predicted octanol–water partition coefficient (Wildman–Crippen LogP) is 11.5. The van der Waals surface area contributed by atoms with Gasteiger partial charge in [0, 0.05) is 42.0 Å². The second-order valence-electron chi connectivity index (χ2n) is 15.3. The van der Waals surface area contributed by atoms with Gasteiger partial charge in [0.1, 0.15) is 5.82 Å². The molecule has 9 aromatic rings. The molecule has 0 amide bonds. The van der Waals surface area contributed by atoms with Crippen LogP contribution in [-0.4, -0.2) is 17.7 Å². The second kappa shape index (κ2) is 17.0. The molecule has 0 spiro atoms. The molecule has 6 atom stereocenters. The van der Waals surface area contributed by atoms with E-state index in [0.29, 0.717) is 36.1 Å². The second-order valence-corrected chi connectivity index (χ2v) is 20.9. The lowest BCUT2D eigenvalue weighted by Crippen LogP contribution is -2.32. The lowest BCUT2D eigenvalue weighted by atomic mass is 10.0. The van der Waals surface area contributed by atoms with Crippen molar-refractivity contribution in [1.82, 2.24) is 17.7 Å². The van der Waals surface area contributed by atoms with Crippen molar-refractivity contribution in [3.05, 3.63) is 103 Å². The van der Waals surface area contributed by atoms with Gasteiger partial charge in [0.15, 0.2) is 46.1 Å². The summed E-state index contributed by atoms with van der Waals surface area (Å²) in [5.74, 6) is -16.4. The molecule has 0 saturated carbocycles. The zero-order valence-corrected chi connectivity index (χ0v) is 45.0. The van der Waals surface area contributed by atoms with E-state index in [9.17, 15) is 4.39 Å². The van der Waals surface area contributed by atoms with Crippen LogP contribution in [0.25, 0.3) is 101 Å². The lowest BCUT2D eigenvalue weighted by molar-refractivity contribution is 0.381. The Balaban J connectivity index is 1.56. The molecule has 1 aliphatic rings. The normalized spacial score (nSPS) is 12.3. The monoisotopic (exact) mass is 1250 g/mol. The molecule has 340 valence electrons. The average molecular weight is 1250 g/mol. The maximum atomic E-state index is 16.5. The van der Waals surface area contributed by atoms with Crippen molar-refractivity contribution in [2.24, 2.45) is 0 Å². The lowest BCUT2D eigenvalue weighted by Gasteiger charge is -2.19. The fraction of sp³-hybridized carbons (Fsp3) is 0.0455. The standard InChI is InChI=1S/C44H25F9I2N4O2P6/c1-9-25(45)22-20-16-8-7-15(59(16)55)18(21-27(47)29(49)31(51)30(50)28(21)48)13-5-3-11(56-13)17(24-39(64)37(62)10(2)38(63)40(24)65)12-4-6-14(57-12)19-23-34(54)42(67)41(66)33(53)36(23)61-43(19)58-44(20)60-35(22)32(52)26(9)46/h3-8,57H,62-67H2,1-2H3. The predicted molar refractivity (Wildman–Crippen MR) is 286 cm³/mol. The van der Waals surface area contributed by atoms with Crippen LogP contribution in [0.2, 0.25) is 0 Å². The van der Waals surface area contributed by atoms with Crippen molar-refractivity contribution < 1.29 is 48.3 Å². The number of nitrogens with zero attached hydrogens (tertiary/aromatic N) is 3. The molecular weight excluding hydrogens is 1230 g/mol. The molecule has 0 radical (unpaired) electrons. The molecule has 0 aliphatic carbocycles. The Hall–Kier alpha value is -3.25. The summed E-state index contributed by atoms with van der Waals surface area (Å²) in [6.45, 7) is 2.92. The van der Waals surface area contributed by atoms with Gasteiger partial charge in [-0.1, -0.05) is 0 Å². The van der Waals surface area contributed by atoms with Gasteiger partial charge >= 0.3 is 0 Å². The number of H-pyrrole nitrogens is 1. The van der Waals surface area contributed by atoms with Gasteiger partial charge in [0.25, 0.3) is 0 Å². The fourth-order valence-corrected chi connectivity index (χ4v) is 12.7. The number of aromatic amines is 1. The van der Waals surface area contributed by atoms with Crippen LogP contribution in [0.15, 0.2) is 33.1 Å². The van der Waals surface area contributed by atoms with Gasteiger partial charge in [-0.25, -0.2) is 40.1 Å². The first-order valence-corrected chi connectivity index (χ1v) is 24.7. The third-order valence-electron chi connectivity index (χ3n) is 11.8. The van der Waals surface area contributed by atoms with E-state index in [1.165, 1.54) is 27.1 Å². The van der Waals surface area contributed by atoms with E-state index < -0.39 is 85.7 Å². The van der Waals surface area contributed by atoms with Crippen molar-refractivity contribution in [2.75, 3.05) is 0 Å². The number of nitrogens with one attached hydrogen (secondary N) is 1. The summed E-state index contributed by atoms with van der Waals surface area (Å²) in [7, 11) is 15.7. The van der Waals surface area contributed by atoms with Crippen molar-refractivity contribution in [2.45, 2.75) is 13.8 Å². The number of fused-ring (bicyclic) bond motifs is 14. The molecule has 67 heavy (non-hydrogen) atoms. The zero-order chi connectivity index (χ0) is 48.1. The van der Waals surface area contributed by atoms with Crippen LogP contribution in [0.4, 0.5) is 39.5 Å². The minimum Gasteiger partial charge on any atom is -0.434 e. The smallest absolute Gasteiger partial charge is 0.233 e. The highest BCUT2D eigenvalue weighted by molar-refractivity contribution is 14.1. The number of hydrogen-bond acceptors (Lipinski definition) is 4. The molecule has 0 fully saturated rings. The van der Waals surface area contributed by atoms with Gasteiger partial charge in [-0.3, -0.25) is 2.78 Å². The van der Waals surface area contributed by atoms with Crippen LogP contribution in [0.3, 0.4) is 0 Å². The van der Waals surface area contributed by atoms with Crippen LogP contribution in [0.5, 0.6) is 0 Å². The molecule has 10 rings (SSSR count). The average Bonchev–Trinajstić information content (AvgIpc) is 4.17. The first-order valence-electron chi connectivity index (χ1n) is 19.2. The number of furan rings is 2. The SMILES string of the molecule is Cc1c(P)c(P)c(-c2c3nc(c(-c4c(F)c(F)c(F)c(F)c4F)c4ccc(c5c(nc6oc7c(F)c(P)c(P)c(I)c7c6c6ccc2[nH]6)oc2c(F)c(F)c(C)c(F)c25)n4I)C=C3)c(P)c1P. The summed E-state index contributed by atoms with van der Waals surface area (Å²) in [5.41, 5.74) is -2.62. The number of rotatable bonds is 2. The highest BCUT2D eigenvalue weighted by Crippen LogP contribution is 2.44. The van der Waals surface area contributed by atoms with Gasteiger partial charge in [-0.15, -0.1) is 55.4 Å². The molecule has 0 saturated heterocycles. The molecule has 5 aromatic heterocycles. The minimum atomic E-state index is -2.40. The molecule has 6 nitrogen and oxygen atoms in total. The first kappa shape index (κ1) is 47.4. The van der Waals surface area contributed by atoms with Gasteiger partial charge in [0.2, 0.25) is 23.1 Å². The molecule has 23 heteroatoms. The van der Waals surface area contributed by atoms with E-state index in [2.05, 4.69) is 65.4 Å². The molecule has 6 unspecified atom stereocenters. The molecular formula is C44H25F9I2N4O2P6. The van der Waals surface area contributed by atoms with Crippen molar-refractivity contribution in [1.29, 1.82) is 0 Å². The van der Waals surface area contributed by atoms with E-state index in [1.54, 1.807) is 35.0 Å². The van der Waals surface area contributed by atoms with Crippen LogP contribution < -0.4 is 31.8 Å². The maximum absolute atomic E-state index is 16.5. The van der Waals surface area contributed by atoms with Gasteiger partial charge < -0.3 is 13.8 Å². The highest BCUT2D eigenvalue weighted by Gasteiger charge is 2.32. The Morgan fingerprint density at radius 1 is 0.478 bits per heavy atom. The fourth-order valence-electron chi connectivity index (χ4n) is 8.30. The van der Waals surface area contributed by atoms with E-state index in [1.807, 2.05) is 29.5 Å². The highest BCUT2D eigenvalue weighted by atomic mass is 127. The number of benzene rings is 4. The summed E-state index contributed by atoms with van der Waals surface area (Å²) >= 11 is 3.69. The Morgan fingerprint density at radius 2 is 1.01 bits per heavy atom. The Kier molecular flexibility index (Phi) is 12.0. The van der Waals surface area contributed by atoms with Crippen LogP contribution in [0, 0.1) is 69.8 Å². The Bertz CT molecular complexity index is 3960. The number of hydrogen-bond donors (Lipinski definition) is 1. The maximum Gasteiger partial charge on any atom is 0.233 e. The van der Waals surface area contributed by atoms with Crippen LogP contribution in [-0.2, 0) is 0 Å². The topological polar surface area (TPSA) is 72.8 Å². The first-order chi connectivity index (χ1) is 31.7. The number of halogens is 11. The third kappa shape index (κ3) is 6.86. The molecule has 1 N–H and O–H groups in total. The van der Waals surface area contributed by atoms with E-state index in [-0.39, 0.29) is 60.7 Å². The van der Waals surface area contributed by atoms with Crippen LogP contribution in [0.1, 0.15) is 22.5 Å². The van der Waals surface area contributed by atoms with E-state index >= 15 is 35.1 Å². The van der Waals surface area contributed by atoms with Crippen molar-refractivity contribution in [3.63, 3.8) is 0 Å². The Morgan fingerprint density at radius 3 is 1.64 bits per heavy atom. The van der Waals surface area contributed by atoms with Crippen LogP contribution >= 0.6 is 101 Å². The van der Waals surface area contributed by atoms with Gasteiger partial charge in [0.05, 0.1) is 72.5 Å². The summed E-state index contributed by atoms with van der Waals surface area (Å²) in [6.07, 6.45) is 2.86. The van der Waals surface area contributed by atoms with E-state index in [0.717, 1.165) is 23.1 Å². The summed E-state index contributed by atoms with van der Waals surface area (Å²) in [4.78, 5) is 13.0. The Labute approximate surface area is 412 Å². The minimum absolute atomic E-state index is 0.133.